The van der Waals surface area contributed by atoms with E-state index in [-0.39, 0.29) is 10.5 Å². The summed E-state index contributed by atoms with van der Waals surface area (Å²) in [5.74, 6) is -0.241. The molecule has 28 heavy (non-hydrogen) atoms. The molecule has 0 saturated heterocycles. The van der Waals surface area contributed by atoms with Gasteiger partial charge >= 0.3 is 5.97 Å². The van der Waals surface area contributed by atoms with Crippen LogP contribution in [0.5, 0.6) is 5.75 Å². The first-order valence-electron chi connectivity index (χ1n) is 8.12. The molecule has 0 unspecified atom stereocenters. The summed E-state index contributed by atoms with van der Waals surface area (Å²) in [7, 11) is -3.72. The number of hydrazone groups is 1. The molecule has 0 atom stereocenters. The molecule has 0 spiro atoms. The number of rotatable bonds is 6. The van der Waals surface area contributed by atoms with Crippen LogP contribution in [-0.4, -0.2) is 20.6 Å². The van der Waals surface area contributed by atoms with Crippen LogP contribution in [0.15, 0.2) is 88.9 Å². The highest BCUT2D eigenvalue weighted by Gasteiger charge is 2.12. The fraction of sp³-hybridized carbons (Fsp3) is 0. The van der Waals surface area contributed by atoms with Gasteiger partial charge in [0.25, 0.3) is 10.0 Å². The number of nitrogens with zero attached hydrogens (tertiary/aromatic N) is 1. The average molecular weight is 415 g/mol. The van der Waals surface area contributed by atoms with E-state index in [1.165, 1.54) is 18.3 Å². The lowest BCUT2D eigenvalue weighted by molar-refractivity contribution is 0.0735. The van der Waals surface area contributed by atoms with Crippen LogP contribution in [0.2, 0.25) is 5.02 Å². The Bertz CT molecular complexity index is 1100. The van der Waals surface area contributed by atoms with Crippen molar-refractivity contribution in [2.45, 2.75) is 4.90 Å². The van der Waals surface area contributed by atoms with Crippen LogP contribution >= 0.6 is 11.6 Å². The highest BCUT2D eigenvalue weighted by molar-refractivity contribution is 7.89. The molecule has 3 aromatic carbocycles. The minimum atomic E-state index is -3.72. The Kier molecular flexibility index (Phi) is 6.08. The average Bonchev–Trinajstić information content (AvgIpc) is 2.70. The fourth-order valence-corrected chi connectivity index (χ4v) is 3.26. The molecule has 0 fully saturated rings. The number of carbonyl (C=O) groups excluding carboxylic acids is 1. The van der Waals surface area contributed by atoms with Crippen LogP contribution in [0.4, 0.5) is 0 Å². The normalized spacial score (nSPS) is 11.3. The van der Waals surface area contributed by atoms with E-state index in [4.69, 9.17) is 16.3 Å². The summed E-state index contributed by atoms with van der Waals surface area (Å²) in [6.07, 6.45) is 1.35. The largest absolute Gasteiger partial charge is 0.423 e. The molecule has 142 valence electrons. The molecule has 0 aliphatic heterocycles. The first-order valence-corrected chi connectivity index (χ1v) is 9.98. The SMILES string of the molecule is O=C(Oc1ccc(/C=N/NS(=O)(=O)c2ccccc2)cc1)c1ccccc1Cl. The number of hydrogen-bond donors (Lipinski definition) is 1. The summed E-state index contributed by atoms with van der Waals surface area (Å²) in [5.41, 5.74) is 0.887. The van der Waals surface area contributed by atoms with Gasteiger partial charge in [-0.1, -0.05) is 41.9 Å². The molecule has 8 heteroatoms. The van der Waals surface area contributed by atoms with Crippen LogP contribution in [0.25, 0.3) is 0 Å². The van der Waals surface area contributed by atoms with Gasteiger partial charge in [-0.15, -0.1) is 0 Å². The van der Waals surface area contributed by atoms with Gasteiger partial charge in [0.15, 0.2) is 0 Å². The highest BCUT2D eigenvalue weighted by Crippen LogP contribution is 2.19. The third-order valence-corrected chi connectivity index (χ3v) is 5.19. The van der Waals surface area contributed by atoms with Crippen LogP contribution in [0.1, 0.15) is 15.9 Å². The van der Waals surface area contributed by atoms with Gasteiger partial charge < -0.3 is 4.74 Å². The van der Waals surface area contributed by atoms with Gasteiger partial charge in [-0.25, -0.2) is 9.63 Å². The Morgan fingerprint density at radius 2 is 1.57 bits per heavy atom. The highest BCUT2D eigenvalue weighted by atomic mass is 35.5. The van der Waals surface area contributed by atoms with Gasteiger partial charge in [-0.05, 0) is 54.1 Å². The minimum Gasteiger partial charge on any atom is -0.423 e. The first kappa shape index (κ1) is 19.6. The number of nitrogens with one attached hydrogen (secondary N) is 1. The van der Waals surface area contributed by atoms with E-state index in [1.807, 2.05) is 0 Å². The lowest BCUT2D eigenvalue weighted by atomic mass is 10.2. The molecule has 0 radical (unpaired) electrons. The topological polar surface area (TPSA) is 84.8 Å². The monoisotopic (exact) mass is 414 g/mol. The quantitative estimate of drug-likeness (QED) is 0.287. The molecule has 0 aliphatic rings. The molecule has 3 aromatic rings. The Balaban J connectivity index is 1.62. The summed E-state index contributed by atoms with van der Waals surface area (Å²) < 4.78 is 29.4. The van der Waals surface area contributed by atoms with Crippen molar-refractivity contribution >= 4 is 33.8 Å². The molecule has 6 nitrogen and oxygen atoms in total. The maximum Gasteiger partial charge on any atom is 0.345 e. The molecule has 0 heterocycles. The van der Waals surface area contributed by atoms with Crippen molar-refractivity contribution in [1.29, 1.82) is 0 Å². The van der Waals surface area contributed by atoms with Gasteiger partial charge in [-0.2, -0.15) is 13.5 Å². The maximum absolute atomic E-state index is 12.1. The third-order valence-electron chi connectivity index (χ3n) is 3.62. The van der Waals surface area contributed by atoms with Crippen molar-refractivity contribution in [2.24, 2.45) is 5.10 Å². The van der Waals surface area contributed by atoms with E-state index < -0.39 is 16.0 Å². The van der Waals surface area contributed by atoms with Crippen LogP contribution in [0.3, 0.4) is 0 Å². The number of ether oxygens (including phenoxy) is 1. The van der Waals surface area contributed by atoms with Crippen molar-refractivity contribution in [3.05, 3.63) is 95.0 Å². The second kappa shape index (κ2) is 8.69. The van der Waals surface area contributed by atoms with Crippen LogP contribution in [-0.2, 0) is 10.0 Å². The van der Waals surface area contributed by atoms with E-state index in [0.717, 1.165) is 0 Å². The number of carbonyl (C=O) groups is 1. The molecule has 1 N–H and O–H groups in total. The summed E-state index contributed by atoms with van der Waals surface area (Å²) in [6, 6.07) is 20.9. The van der Waals surface area contributed by atoms with Crippen molar-refractivity contribution in [3.8, 4) is 5.75 Å². The van der Waals surface area contributed by atoms with Gasteiger partial charge in [0, 0.05) is 0 Å². The summed E-state index contributed by atoms with van der Waals surface area (Å²) >= 11 is 5.97. The second-order valence-corrected chi connectivity index (χ2v) is 7.67. The van der Waals surface area contributed by atoms with Crippen molar-refractivity contribution in [3.63, 3.8) is 0 Å². The Morgan fingerprint density at radius 3 is 2.25 bits per heavy atom. The number of sulfonamides is 1. The Morgan fingerprint density at radius 1 is 0.929 bits per heavy atom. The lowest BCUT2D eigenvalue weighted by Gasteiger charge is -2.06. The zero-order valence-electron chi connectivity index (χ0n) is 14.4. The van der Waals surface area contributed by atoms with Gasteiger partial charge in [-0.3, -0.25) is 0 Å². The maximum atomic E-state index is 12.1. The van der Waals surface area contributed by atoms with E-state index >= 15 is 0 Å². The number of hydrogen-bond acceptors (Lipinski definition) is 5. The zero-order valence-corrected chi connectivity index (χ0v) is 16.0. The van der Waals surface area contributed by atoms with Crippen molar-refractivity contribution in [2.75, 3.05) is 0 Å². The predicted molar refractivity (Wildman–Crippen MR) is 107 cm³/mol. The molecule has 3 rings (SSSR count). The molecular formula is C20H15ClN2O4S. The Labute approximate surface area is 167 Å². The van der Waals surface area contributed by atoms with E-state index in [9.17, 15) is 13.2 Å². The first-order chi connectivity index (χ1) is 13.5. The number of halogens is 1. The Hall–Kier alpha value is -3.16. The van der Waals surface area contributed by atoms with E-state index in [0.29, 0.717) is 16.3 Å². The molecule has 0 bridgehead atoms. The summed E-state index contributed by atoms with van der Waals surface area (Å²) in [6.45, 7) is 0. The van der Waals surface area contributed by atoms with Crippen LogP contribution < -0.4 is 9.57 Å². The van der Waals surface area contributed by atoms with Crippen LogP contribution in [0, 0.1) is 0 Å². The lowest BCUT2D eigenvalue weighted by Crippen LogP contribution is -2.18. The van der Waals surface area contributed by atoms with Gasteiger partial charge in [0.2, 0.25) is 0 Å². The number of esters is 1. The molecule has 0 saturated carbocycles. The zero-order chi connectivity index (χ0) is 20.0. The molecule has 0 amide bonds. The van der Waals surface area contributed by atoms with E-state index in [2.05, 4.69) is 9.93 Å². The third kappa shape index (κ3) is 4.97. The minimum absolute atomic E-state index is 0.119. The van der Waals surface area contributed by atoms with Gasteiger partial charge in [0.1, 0.15) is 5.75 Å². The smallest absolute Gasteiger partial charge is 0.345 e. The molecule has 0 aliphatic carbocycles. The predicted octanol–water partition coefficient (Wildman–Crippen LogP) is 3.87. The molecule has 0 aromatic heterocycles. The summed E-state index contributed by atoms with van der Waals surface area (Å²) in [5, 5.41) is 4.06. The fourth-order valence-electron chi connectivity index (χ4n) is 2.23. The molecular weight excluding hydrogens is 400 g/mol. The number of benzene rings is 3. The summed E-state index contributed by atoms with van der Waals surface area (Å²) in [4.78, 5) is 14.4. The standard InChI is InChI=1S/C20H15ClN2O4S/c21-19-9-5-4-8-18(19)20(24)27-16-12-10-15(11-13-16)14-22-23-28(25,26)17-6-2-1-3-7-17/h1-14,23H/b22-14+. The second-order valence-electron chi connectivity index (χ2n) is 5.60. The van der Waals surface area contributed by atoms with Crippen molar-refractivity contribution < 1.29 is 17.9 Å². The van der Waals surface area contributed by atoms with E-state index in [1.54, 1.807) is 66.7 Å². The van der Waals surface area contributed by atoms with Gasteiger partial charge in [0.05, 0.1) is 21.7 Å². The van der Waals surface area contributed by atoms with Crippen molar-refractivity contribution in [1.82, 2.24) is 4.83 Å².